The van der Waals surface area contributed by atoms with Crippen LogP contribution in [0, 0.1) is 17.8 Å². The summed E-state index contributed by atoms with van der Waals surface area (Å²) in [5, 5.41) is 0. The Morgan fingerprint density at radius 2 is 1.96 bits per heavy atom. The van der Waals surface area contributed by atoms with Gasteiger partial charge in [0.1, 0.15) is 0 Å². The second-order valence-corrected chi connectivity index (χ2v) is 7.53. The molecule has 1 saturated carbocycles. The molecule has 0 aromatic rings. The van der Waals surface area contributed by atoms with Crippen LogP contribution in [0.3, 0.4) is 0 Å². The molecule has 0 aromatic carbocycles. The van der Waals surface area contributed by atoms with Gasteiger partial charge in [0.15, 0.2) is 5.60 Å². The van der Waals surface area contributed by atoms with Crippen molar-refractivity contribution in [1.29, 1.82) is 0 Å². The number of ether oxygens (including phenoxy) is 2. The summed E-state index contributed by atoms with van der Waals surface area (Å²) in [5.74, 6) is -2.33. The van der Waals surface area contributed by atoms with E-state index in [9.17, 15) is 13.2 Å². The highest BCUT2D eigenvalue weighted by molar-refractivity contribution is 5.28. The van der Waals surface area contributed by atoms with E-state index in [0.29, 0.717) is 12.8 Å². The highest BCUT2D eigenvalue weighted by Crippen LogP contribution is 2.61. The maximum Gasteiger partial charge on any atom is 0.449 e. The molecule has 0 radical (unpaired) electrons. The van der Waals surface area contributed by atoms with Gasteiger partial charge in [-0.15, -0.1) is 0 Å². The quantitative estimate of drug-likeness (QED) is 0.738. The zero-order valence-electron chi connectivity index (χ0n) is 13.7. The van der Waals surface area contributed by atoms with Crippen molar-refractivity contribution in [3.63, 3.8) is 0 Å². The van der Waals surface area contributed by atoms with E-state index in [1.165, 1.54) is 0 Å². The Balaban J connectivity index is 1.88. The third kappa shape index (κ3) is 2.09. The summed E-state index contributed by atoms with van der Waals surface area (Å²) in [6.45, 7) is 3.55. The number of hydrogen-bond donors (Lipinski definition) is 1. The van der Waals surface area contributed by atoms with E-state index in [1.807, 2.05) is 0 Å². The van der Waals surface area contributed by atoms with E-state index in [2.05, 4.69) is 6.92 Å². The summed E-state index contributed by atoms with van der Waals surface area (Å²) in [4.78, 5) is 11.3. The highest BCUT2D eigenvalue weighted by atomic mass is 19.4. The second kappa shape index (κ2) is 5.09. The van der Waals surface area contributed by atoms with E-state index in [0.717, 1.165) is 12.8 Å². The van der Waals surface area contributed by atoms with Crippen LogP contribution >= 0.6 is 0 Å². The summed E-state index contributed by atoms with van der Waals surface area (Å²) in [7, 11) is 0. The molecule has 2 N–H and O–H groups in total. The van der Waals surface area contributed by atoms with Crippen LogP contribution in [-0.4, -0.2) is 30.4 Å². The van der Waals surface area contributed by atoms with Gasteiger partial charge in [0.2, 0.25) is 17.8 Å². The molecular weight excluding hydrogens is 327 g/mol. The predicted molar refractivity (Wildman–Crippen MR) is 76.0 cm³/mol. The van der Waals surface area contributed by atoms with Gasteiger partial charge in [-0.25, -0.2) is 9.78 Å². The van der Waals surface area contributed by atoms with Crippen LogP contribution in [-0.2, 0) is 19.2 Å². The predicted octanol–water partition coefficient (Wildman–Crippen LogP) is 3.01. The lowest BCUT2D eigenvalue weighted by Gasteiger charge is -2.57. The van der Waals surface area contributed by atoms with Gasteiger partial charge in [0.05, 0.1) is 0 Å². The molecule has 5 aliphatic rings. The number of fused-ring (bicyclic) bond motifs is 2. The van der Waals surface area contributed by atoms with Gasteiger partial charge in [-0.05, 0) is 37.7 Å². The maximum absolute atomic E-state index is 13.5. The Bertz CT molecular complexity index is 580. The third-order valence-electron chi connectivity index (χ3n) is 6.13. The average Bonchev–Trinajstić information content (AvgIpc) is 2.74. The van der Waals surface area contributed by atoms with Crippen molar-refractivity contribution in [2.45, 2.75) is 63.4 Å². The largest absolute Gasteiger partial charge is 0.456 e. The molecule has 4 aliphatic heterocycles. The lowest BCUT2D eigenvalue weighted by atomic mass is 9.59. The summed E-state index contributed by atoms with van der Waals surface area (Å²) < 4.78 is 51.7. The van der Waals surface area contributed by atoms with Gasteiger partial charge >= 0.3 is 6.18 Å². The Kier molecular flexibility index (Phi) is 3.53. The van der Waals surface area contributed by atoms with Crippen LogP contribution in [0.5, 0.6) is 0 Å². The minimum Gasteiger partial charge on any atom is -0.456 e. The van der Waals surface area contributed by atoms with E-state index < -0.39 is 35.5 Å². The first-order chi connectivity index (χ1) is 11.2. The molecule has 136 valence electrons. The summed E-state index contributed by atoms with van der Waals surface area (Å²) in [5.41, 5.74) is 4.70. The summed E-state index contributed by atoms with van der Waals surface area (Å²) >= 11 is 0. The summed E-state index contributed by atoms with van der Waals surface area (Å²) in [6, 6.07) is 0. The maximum atomic E-state index is 13.5. The Morgan fingerprint density at radius 3 is 2.62 bits per heavy atom. The molecule has 0 amide bonds. The lowest BCUT2D eigenvalue weighted by molar-refractivity contribution is -0.557. The molecule has 1 unspecified atom stereocenters. The van der Waals surface area contributed by atoms with E-state index >= 15 is 0 Å². The van der Waals surface area contributed by atoms with Crippen LogP contribution < -0.4 is 5.73 Å². The minimum absolute atomic E-state index is 0.00177. The van der Waals surface area contributed by atoms with Gasteiger partial charge < -0.3 is 15.2 Å². The normalized spacial score (nSPS) is 47.9. The topological polar surface area (TPSA) is 62.9 Å². The molecule has 3 saturated heterocycles. The van der Waals surface area contributed by atoms with Crippen molar-refractivity contribution in [2.24, 2.45) is 23.5 Å². The van der Waals surface area contributed by atoms with Crippen molar-refractivity contribution in [1.82, 2.24) is 0 Å². The van der Waals surface area contributed by atoms with E-state index in [1.54, 1.807) is 6.92 Å². The smallest absolute Gasteiger partial charge is 0.449 e. The first-order valence-electron chi connectivity index (χ1n) is 8.43. The van der Waals surface area contributed by atoms with Crippen LogP contribution in [0.15, 0.2) is 11.3 Å². The van der Waals surface area contributed by atoms with Crippen molar-refractivity contribution in [3.05, 3.63) is 11.3 Å². The Hall–Kier alpha value is -0.830. The molecule has 1 aliphatic carbocycles. The van der Waals surface area contributed by atoms with Gasteiger partial charge in [0, 0.05) is 24.8 Å². The van der Waals surface area contributed by atoms with E-state index in [-0.39, 0.29) is 24.0 Å². The molecule has 4 heterocycles. The van der Waals surface area contributed by atoms with Crippen molar-refractivity contribution >= 4 is 0 Å². The standard InChI is InChI=1S/C16H22F3NO4/c1-8-3-4-11-9(7-20)12(16(17,18)19)21-13-15(11)10(8)5-6-14(2,22-13)23-24-15/h8,10-11,13H,3-7,20H2,1-2H3/t8-,10?,11+,13-,14-,15-/m1/s1. The number of halogens is 3. The van der Waals surface area contributed by atoms with Crippen LogP contribution in [0.2, 0.25) is 0 Å². The zero-order chi connectivity index (χ0) is 17.3. The monoisotopic (exact) mass is 349 g/mol. The molecule has 0 aromatic heterocycles. The summed E-state index contributed by atoms with van der Waals surface area (Å²) in [6.07, 6.45) is -3.07. The minimum atomic E-state index is -4.61. The van der Waals surface area contributed by atoms with Crippen LogP contribution in [0.25, 0.3) is 0 Å². The molecule has 5 nitrogen and oxygen atoms in total. The molecule has 2 bridgehead atoms. The fraction of sp³-hybridized carbons (Fsp3) is 0.875. The van der Waals surface area contributed by atoms with Gasteiger partial charge in [-0.3, -0.25) is 0 Å². The molecule has 5 rings (SSSR count). The number of nitrogens with two attached hydrogens (primary N) is 1. The average molecular weight is 349 g/mol. The first kappa shape index (κ1) is 16.6. The SMILES string of the molecule is C[C@@H]1CC[C@H]2C(CN)=C(C(F)(F)F)O[C@@H]3O[C@@]4(C)CCC1[C@]32OO4. The molecule has 8 heteroatoms. The Labute approximate surface area is 138 Å². The van der Waals surface area contributed by atoms with Gasteiger partial charge in [-0.1, -0.05) is 6.92 Å². The molecule has 4 fully saturated rings. The van der Waals surface area contributed by atoms with Crippen molar-refractivity contribution in [2.75, 3.05) is 6.54 Å². The van der Waals surface area contributed by atoms with Crippen molar-refractivity contribution < 1.29 is 32.4 Å². The first-order valence-corrected chi connectivity index (χ1v) is 8.43. The Morgan fingerprint density at radius 1 is 1.21 bits per heavy atom. The number of hydrogen-bond acceptors (Lipinski definition) is 5. The van der Waals surface area contributed by atoms with Crippen LogP contribution in [0.1, 0.15) is 39.5 Å². The number of alkyl halides is 3. The van der Waals surface area contributed by atoms with Gasteiger partial charge in [0.25, 0.3) is 0 Å². The lowest BCUT2D eigenvalue weighted by Crippen LogP contribution is -2.67. The number of allylic oxidation sites excluding steroid dienone is 1. The molecule has 24 heavy (non-hydrogen) atoms. The van der Waals surface area contributed by atoms with Crippen LogP contribution in [0.4, 0.5) is 13.2 Å². The number of rotatable bonds is 1. The second-order valence-electron chi connectivity index (χ2n) is 7.53. The van der Waals surface area contributed by atoms with Gasteiger partial charge in [-0.2, -0.15) is 13.2 Å². The zero-order valence-corrected chi connectivity index (χ0v) is 13.7. The molecular formula is C16H22F3NO4. The fourth-order valence-corrected chi connectivity index (χ4v) is 4.97. The highest BCUT2D eigenvalue weighted by Gasteiger charge is 2.69. The third-order valence-corrected chi connectivity index (χ3v) is 6.13. The molecule has 6 atom stereocenters. The molecule has 1 spiro atoms. The fourth-order valence-electron chi connectivity index (χ4n) is 4.97. The van der Waals surface area contributed by atoms with E-state index in [4.69, 9.17) is 25.0 Å². The van der Waals surface area contributed by atoms with Crippen molar-refractivity contribution in [3.8, 4) is 0 Å².